The maximum Gasteiger partial charge on any atom is 0.325 e. The summed E-state index contributed by atoms with van der Waals surface area (Å²) in [4.78, 5) is 26.3. The predicted octanol–water partition coefficient (Wildman–Crippen LogP) is 2.66. The van der Waals surface area contributed by atoms with Crippen molar-refractivity contribution in [1.29, 1.82) is 0 Å². The molecule has 23 heavy (non-hydrogen) atoms. The summed E-state index contributed by atoms with van der Waals surface area (Å²) in [5.74, 6) is 0.442. The highest BCUT2D eigenvalue weighted by molar-refractivity contribution is 6.07. The van der Waals surface area contributed by atoms with Crippen LogP contribution >= 0.6 is 0 Å². The summed E-state index contributed by atoms with van der Waals surface area (Å²) < 4.78 is 5.18. The van der Waals surface area contributed by atoms with Gasteiger partial charge in [0, 0.05) is 0 Å². The van der Waals surface area contributed by atoms with Gasteiger partial charge in [-0.3, -0.25) is 9.69 Å². The average molecular weight is 310 g/mol. The Hall–Kier alpha value is -2.82. The number of imide groups is 1. The fraction of sp³-hybridized carbons (Fsp3) is 0.222. The third-order valence-electron chi connectivity index (χ3n) is 4.10. The van der Waals surface area contributed by atoms with E-state index in [9.17, 15) is 9.59 Å². The van der Waals surface area contributed by atoms with E-state index in [1.165, 1.54) is 4.90 Å². The molecule has 1 aliphatic rings. The van der Waals surface area contributed by atoms with E-state index in [2.05, 4.69) is 5.32 Å². The highest BCUT2D eigenvalue weighted by Gasteiger charge is 2.48. The molecule has 5 heteroatoms. The van der Waals surface area contributed by atoms with Crippen LogP contribution in [0, 0.1) is 0 Å². The van der Waals surface area contributed by atoms with E-state index in [0.717, 1.165) is 11.1 Å². The smallest absolute Gasteiger partial charge is 0.325 e. The van der Waals surface area contributed by atoms with Crippen molar-refractivity contribution in [3.63, 3.8) is 0 Å². The number of hydrogen-bond donors (Lipinski definition) is 1. The molecule has 1 N–H and O–H groups in total. The van der Waals surface area contributed by atoms with Gasteiger partial charge in [-0.1, -0.05) is 42.5 Å². The molecule has 0 radical (unpaired) electrons. The van der Waals surface area contributed by atoms with Crippen molar-refractivity contribution in [2.24, 2.45) is 0 Å². The Labute approximate surface area is 134 Å². The van der Waals surface area contributed by atoms with Gasteiger partial charge in [0.15, 0.2) is 0 Å². The number of amides is 3. The van der Waals surface area contributed by atoms with Crippen LogP contribution < -0.4 is 10.1 Å². The molecule has 118 valence electrons. The Kier molecular flexibility index (Phi) is 3.78. The molecular weight excluding hydrogens is 292 g/mol. The summed E-state index contributed by atoms with van der Waals surface area (Å²) in [7, 11) is 1.58. The van der Waals surface area contributed by atoms with Gasteiger partial charge in [0.2, 0.25) is 0 Å². The molecule has 0 bridgehead atoms. The number of nitrogens with zero attached hydrogens (tertiary/aromatic N) is 1. The van der Waals surface area contributed by atoms with Gasteiger partial charge in [0.25, 0.3) is 5.91 Å². The molecule has 1 saturated heterocycles. The van der Waals surface area contributed by atoms with Gasteiger partial charge >= 0.3 is 6.03 Å². The van der Waals surface area contributed by atoms with Gasteiger partial charge in [-0.15, -0.1) is 0 Å². The van der Waals surface area contributed by atoms with E-state index < -0.39 is 5.54 Å². The number of rotatable bonds is 4. The summed E-state index contributed by atoms with van der Waals surface area (Å²) in [5, 5.41) is 2.80. The number of methoxy groups -OCH3 is 1. The topological polar surface area (TPSA) is 58.6 Å². The lowest BCUT2D eigenvalue weighted by atomic mass is 9.92. The summed E-state index contributed by atoms with van der Waals surface area (Å²) >= 11 is 0. The Morgan fingerprint density at radius 1 is 1.09 bits per heavy atom. The highest BCUT2D eigenvalue weighted by Crippen LogP contribution is 2.29. The van der Waals surface area contributed by atoms with Crippen LogP contribution in [-0.2, 0) is 16.9 Å². The minimum absolute atomic E-state index is 0.213. The van der Waals surface area contributed by atoms with Crippen molar-refractivity contribution in [2.75, 3.05) is 7.11 Å². The maximum atomic E-state index is 12.8. The Bertz CT molecular complexity index is 745. The molecule has 0 aliphatic carbocycles. The molecule has 2 aromatic rings. The molecule has 1 aliphatic heterocycles. The molecule has 0 saturated carbocycles. The standard InChI is InChI=1S/C18H18N2O3/c1-18(14-8-4-3-5-9-14)16(21)20(17(22)19-18)12-13-7-6-10-15(11-13)23-2/h3-11H,12H2,1-2H3,(H,19,22)/t18-/m0/s1. The average Bonchev–Trinajstić information content (AvgIpc) is 2.80. The molecule has 0 spiro atoms. The van der Waals surface area contributed by atoms with E-state index in [1.807, 2.05) is 54.6 Å². The number of ether oxygens (including phenoxy) is 1. The minimum Gasteiger partial charge on any atom is -0.497 e. The van der Waals surface area contributed by atoms with Crippen LogP contribution in [0.5, 0.6) is 5.75 Å². The summed E-state index contributed by atoms with van der Waals surface area (Å²) in [5.41, 5.74) is 0.577. The molecule has 1 atom stereocenters. The number of nitrogens with one attached hydrogen (secondary N) is 1. The van der Waals surface area contributed by atoms with Gasteiger partial charge in [0.1, 0.15) is 11.3 Å². The van der Waals surface area contributed by atoms with Crippen LogP contribution in [0.4, 0.5) is 4.79 Å². The van der Waals surface area contributed by atoms with E-state index in [1.54, 1.807) is 14.0 Å². The summed E-state index contributed by atoms with van der Waals surface area (Å²) in [6.07, 6.45) is 0. The Morgan fingerprint density at radius 3 is 2.52 bits per heavy atom. The molecule has 3 amide bonds. The second-order valence-corrected chi connectivity index (χ2v) is 5.66. The third kappa shape index (κ3) is 2.65. The van der Waals surface area contributed by atoms with Crippen LogP contribution in [0.15, 0.2) is 54.6 Å². The zero-order valence-electron chi connectivity index (χ0n) is 13.1. The third-order valence-corrected chi connectivity index (χ3v) is 4.10. The Morgan fingerprint density at radius 2 is 1.83 bits per heavy atom. The number of hydrogen-bond acceptors (Lipinski definition) is 3. The molecule has 5 nitrogen and oxygen atoms in total. The van der Waals surface area contributed by atoms with Crippen LogP contribution in [0.1, 0.15) is 18.1 Å². The molecular formula is C18H18N2O3. The van der Waals surface area contributed by atoms with Gasteiger partial charge in [-0.2, -0.15) is 0 Å². The SMILES string of the molecule is COc1cccc(CN2C(=O)N[C@@](C)(c3ccccc3)C2=O)c1. The maximum absolute atomic E-state index is 12.8. The summed E-state index contributed by atoms with van der Waals surface area (Å²) in [6.45, 7) is 1.94. The van der Waals surface area contributed by atoms with Crippen molar-refractivity contribution >= 4 is 11.9 Å². The van der Waals surface area contributed by atoms with E-state index in [0.29, 0.717) is 5.75 Å². The van der Waals surface area contributed by atoms with Gasteiger partial charge < -0.3 is 10.1 Å². The second-order valence-electron chi connectivity index (χ2n) is 5.66. The normalized spacial score (nSPS) is 20.5. The first-order valence-electron chi connectivity index (χ1n) is 7.37. The predicted molar refractivity (Wildman–Crippen MR) is 85.9 cm³/mol. The first-order valence-corrected chi connectivity index (χ1v) is 7.37. The summed E-state index contributed by atoms with van der Waals surface area (Å²) in [6, 6.07) is 16.2. The zero-order valence-corrected chi connectivity index (χ0v) is 13.1. The fourth-order valence-corrected chi connectivity index (χ4v) is 2.76. The lowest BCUT2D eigenvalue weighted by molar-refractivity contribution is -0.131. The van der Waals surface area contributed by atoms with Crippen LogP contribution in [-0.4, -0.2) is 23.9 Å². The van der Waals surface area contributed by atoms with Crippen LogP contribution in [0.3, 0.4) is 0 Å². The molecule has 3 rings (SSSR count). The van der Waals surface area contributed by atoms with Crippen molar-refractivity contribution in [1.82, 2.24) is 10.2 Å². The largest absolute Gasteiger partial charge is 0.497 e. The lowest BCUT2D eigenvalue weighted by Crippen LogP contribution is -2.40. The zero-order chi connectivity index (χ0) is 16.4. The number of benzene rings is 2. The monoisotopic (exact) mass is 310 g/mol. The first kappa shape index (κ1) is 15.1. The van der Waals surface area contributed by atoms with Crippen molar-refractivity contribution in [3.05, 3.63) is 65.7 Å². The number of urea groups is 1. The molecule has 1 fully saturated rings. The van der Waals surface area contributed by atoms with Crippen LogP contribution in [0.2, 0.25) is 0 Å². The first-order chi connectivity index (χ1) is 11.0. The van der Waals surface area contributed by atoms with Gasteiger partial charge in [0.05, 0.1) is 13.7 Å². The van der Waals surface area contributed by atoms with Gasteiger partial charge in [-0.05, 0) is 30.2 Å². The quantitative estimate of drug-likeness (QED) is 0.883. The van der Waals surface area contributed by atoms with Crippen molar-refractivity contribution < 1.29 is 14.3 Å². The van der Waals surface area contributed by atoms with Crippen molar-refractivity contribution in [2.45, 2.75) is 19.0 Å². The highest BCUT2D eigenvalue weighted by atomic mass is 16.5. The molecule has 0 unspecified atom stereocenters. The lowest BCUT2D eigenvalue weighted by Gasteiger charge is -2.22. The Balaban J connectivity index is 1.87. The van der Waals surface area contributed by atoms with E-state index >= 15 is 0 Å². The second kappa shape index (κ2) is 5.76. The fourth-order valence-electron chi connectivity index (χ4n) is 2.76. The van der Waals surface area contributed by atoms with Gasteiger partial charge in [-0.25, -0.2) is 4.79 Å². The number of carbonyl (C=O) groups excluding carboxylic acids is 2. The van der Waals surface area contributed by atoms with E-state index in [-0.39, 0.29) is 18.5 Å². The van der Waals surface area contributed by atoms with Crippen molar-refractivity contribution in [3.8, 4) is 5.75 Å². The molecule has 1 heterocycles. The van der Waals surface area contributed by atoms with E-state index in [4.69, 9.17) is 4.74 Å². The molecule has 2 aromatic carbocycles. The molecule has 0 aromatic heterocycles. The number of carbonyl (C=O) groups is 2. The van der Waals surface area contributed by atoms with Crippen LogP contribution in [0.25, 0.3) is 0 Å². The minimum atomic E-state index is -1.03.